The summed E-state index contributed by atoms with van der Waals surface area (Å²) in [7, 11) is -3.08. The van der Waals surface area contributed by atoms with E-state index in [1.165, 1.54) is 4.31 Å². The second kappa shape index (κ2) is 3.63. The quantitative estimate of drug-likeness (QED) is 0.654. The third-order valence-corrected chi connectivity index (χ3v) is 3.56. The van der Waals surface area contributed by atoms with E-state index >= 15 is 0 Å². The number of hydrogen-bond acceptors (Lipinski definition) is 3. The summed E-state index contributed by atoms with van der Waals surface area (Å²) in [6, 6.07) is 0.0523. The lowest BCUT2D eigenvalue weighted by Gasteiger charge is -2.29. The first kappa shape index (κ1) is 10.5. The van der Waals surface area contributed by atoms with Crippen molar-refractivity contribution in [2.75, 3.05) is 18.8 Å². The smallest absolute Gasteiger partial charge is 0.235 e. The number of hydrogen-bond donors (Lipinski definition) is 1. The van der Waals surface area contributed by atoms with Crippen molar-refractivity contribution in [3.63, 3.8) is 0 Å². The molecule has 5 nitrogen and oxygen atoms in total. The maximum atomic E-state index is 11.1. The van der Waals surface area contributed by atoms with Crippen molar-refractivity contribution in [2.24, 2.45) is 0 Å². The van der Waals surface area contributed by atoms with Gasteiger partial charge in [-0.15, -0.1) is 0 Å². The molecule has 1 N–H and O–H groups in total. The molecule has 0 bridgehead atoms. The van der Waals surface area contributed by atoms with E-state index in [0.29, 0.717) is 6.54 Å². The van der Waals surface area contributed by atoms with Gasteiger partial charge in [-0.25, -0.2) is 8.42 Å². The number of sulfonamides is 1. The lowest BCUT2D eigenvalue weighted by molar-refractivity contribution is -0.121. The maximum Gasteiger partial charge on any atom is 0.235 e. The van der Waals surface area contributed by atoms with Gasteiger partial charge in [-0.3, -0.25) is 4.79 Å². The van der Waals surface area contributed by atoms with Crippen LogP contribution < -0.4 is 5.32 Å². The van der Waals surface area contributed by atoms with Crippen molar-refractivity contribution in [3.05, 3.63) is 0 Å². The first-order valence-electron chi connectivity index (χ1n) is 4.19. The largest absolute Gasteiger partial charge is 0.353 e. The Labute approximate surface area is 78.2 Å². The molecule has 0 aliphatic carbocycles. The van der Waals surface area contributed by atoms with Gasteiger partial charge in [-0.05, 0) is 13.8 Å². The van der Waals surface area contributed by atoms with Crippen molar-refractivity contribution in [3.8, 4) is 0 Å². The molecule has 0 spiro atoms. The molecule has 0 aromatic rings. The molecule has 1 amide bonds. The van der Waals surface area contributed by atoms with Gasteiger partial charge in [0.05, 0.1) is 12.3 Å². The van der Waals surface area contributed by atoms with E-state index in [2.05, 4.69) is 5.32 Å². The zero-order valence-corrected chi connectivity index (χ0v) is 8.60. The molecule has 1 rings (SSSR count). The summed E-state index contributed by atoms with van der Waals surface area (Å²) >= 11 is 0. The standard InChI is InChI=1S/C7H14N2O3S/c1-6(2)8-7(10)5-9-3-4-13(9,11)12/h6H,3-5H2,1-2H3,(H,8,10). The fraction of sp³-hybridized carbons (Fsp3) is 0.857. The van der Waals surface area contributed by atoms with Crippen LogP contribution in [0.3, 0.4) is 0 Å². The number of nitrogens with zero attached hydrogens (tertiary/aromatic N) is 1. The fourth-order valence-corrected chi connectivity index (χ4v) is 2.13. The summed E-state index contributed by atoms with van der Waals surface area (Å²) in [6.07, 6.45) is 0. The van der Waals surface area contributed by atoms with Crippen LogP contribution in [0.5, 0.6) is 0 Å². The Balaban J connectivity index is 2.38. The van der Waals surface area contributed by atoms with Crippen LogP contribution in [-0.2, 0) is 14.8 Å². The van der Waals surface area contributed by atoms with Gasteiger partial charge in [-0.1, -0.05) is 0 Å². The fourth-order valence-electron chi connectivity index (χ4n) is 1.07. The minimum Gasteiger partial charge on any atom is -0.353 e. The third kappa shape index (κ3) is 2.67. The van der Waals surface area contributed by atoms with Crippen LogP contribution in [0.15, 0.2) is 0 Å². The van der Waals surface area contributed by atoms with Gasteiger partial charge in [0.1, 0.15) is 0 Å². The van der Waals surface area contributed by atoms with Crippen molar-refractivity contribution >= 4 is 15.9 Å². The van der Waals surface area contributed by atoms with Gasteiger partial charge in [-0.2, -0.15) is 4.31 Å². The van der Waals surface area contributed by atoms with E-state index in [9.17, 15) is 13.2 Å². The summed E-state index contributed by atoms with van der Waals surface area (Å²) in [5.41, 5.74) is 0. The number of nitrogens with one attached hydrogen (secondary N) is 1. The third-order valence-electron chi connectivity index (χ3n) is 1.76. The Bertz CT molecular complexity index is 297. The molecule has 1 aliphatic rings. The number of carbonyl (C=O) groups excluding carboxylic acids is 1. The number of rotatable bonds is 3. The van der Waals surface area contributed by atoms with E-state index in [1.807, 2.05) is 13.8 Å². The summed E-state index contributed by atoms with van der Waals surface area (Å²) in [5, 5.41) is 2.63. The van der Waals surface area contributed by atoms with Crippen LogP contribution in [0.2, 0.25) is 0 Å². The SMILES string of the molecule is CC(C)NC(=O)CN1CCS1(=O)=O. The van der Waals surface area contributed by atoms with Gasteiger partial charge >= 0.3 is 0 Å². The van der Waals surface area contributed by atoms with Gasteiger partial charge in [0.25, 0.3) is 0 Å². The minimum absolute atomic E-state index is 0.0412. The monoisotopic (exact) mass is 206 g/mol. The second-order valence-corrected chi connectivity index (χ2v) is 5.46. The first-order chi connectivity index (χ1) is 5.92. The number of amides is 1. The molecule has 1 fully saturated rings. The molecule has 0 aromatic heterocycles. The Hall–Kier alpha value is -0.620. The Kier molecular flexibility index (Phi) is 2.92. The highest BCUT2D eigenvalue weighted by Gasteiger charge is 2.33. The average Bonchev–Trinajstić information content (AvgIpc) is 1.97. The molecule has 1 heterocycles. The maximum absolute atomic E-state index is 11.1. The number of carbonyl (C=O) groups is 1. The molecule has 76 valence electrons. The summed E-state index contributed by atoms with van der Waals surface area (Å²) in [5.74, 6) is -0.0691. The van der Waals surface area contributed by atoms with Gasteiger partial charge in [0, 0.05) is 12.6 Å². The van der Waals surface area contributed by atoms with Crippen molar-refractivity contribution in [2.45, 2.75) is 19.9 Å². The molecule has 0 unspecified atom stereocenters. The zero-order chi connectivity index (χ0) is 10.1. The first-order valence-corrected chi connectivity index (χ1v) is 5.80. The minimum atomic E-state index is -3.08. The molecule has 0 saturated carbocycles. The lowest BCUT2D eigenvalue weighted by Crippen LogP contribution is -2.52. The molecule has 1 aliphatic heterocycles. The molecule has 1 saturated heterocycles. The lowest BCUT2D eigenvalue weighted by atomic mass is 10.4. The van der Waals surface area contributed by atoms with E-state index in [0.717, 1.165) is 0 Å². The van der Waals surface area contributed by atoms with Crippen molar-refractivity contribution in [1.29, 1.82) is 0 Å². The van der Waals surface area contributed by atoms with Crippen LogP contribution in [0.1, 0.15) is 13.8 Å². The molecule has 0 atom stereocenters. The summed E-state index contributed by atoms with van der Waals surface area (Å²) < 4.78 is 23.2. The Morgan fingerprint density at radius 1 is 1.54 bits per heavy atom. The van der Waals surface area contributed by atoms with Crippen molar-refractivity contribution < 1.29 is 13.2 Å². The van der Waals surface area contributed by atoms with Gasteiger partial charge < -0.3 is 5.32 Å². The van der Waals surface area contributed by atoms with Crippen LogP contribution in [0.4, 0.5) is 0 Å². The predicted molar refractivity (Wildman–Crippen MR) is 48.6 cm³/mol. The molecule has 0 aromatic carbocycles. The topological polar surface area (TPSA) is 66.5 Å². The van der Waals surface area contributed by atoms with Crippen LogP contribution in [-0.4, -0.2) is 43.5 Å². The molecule has 13 heavy (non-hydrogen) atoms. The summed E-state index contributed by atoms with van der Waals surface area (Å²) in [6.45, 7) is 4.10. The normalized spacial score (nSPS) is 21.2. The Morgan fingerprint density at radius 2 is 2.15 bits per heavy atom. The Morgan fingerprint density at radius 3 is 2.46 bits per heavy atom. The highest BCUT2D eigenvalue weighted by molar-refractivity contribution is 7.90. The van der Waals surface area contributed by atoms with Gasteiger partial charge in [0.15, 0.2) is 0 Å². The van der Waals surface area contributed by atoms with Crippen molar-refractivity contribution in [1.82, 2.24) is 9.62 Å². The molecular weight excluding hydrogens is 192 g/mol. The van der Waals surface area contributed by atoms with Gasteiger partial charge in [0.2, 0.25) is 15.9 Å². The van der Waals surface area contributed by atoms with Crippen LogP contribution >= 0.6 is 0 Å². The van der Waals surface area contributed by atoms with E-state index < -0.39 is 10.0 Å². The molecular formula is C7H14N2O3S. The van der Waals surface area contributed by atoms with Crippen LogP contribution in [0, 0.1) is 0 Å². The average molecular weight is 206 g/mol. The predicted octanol–water partition coefficient (Wildman–Crippen LogP) is -0.844. The van der Waals surface area contributed by atoms with Crippen LogP contribution in [0.25, 0.3) is 0 Å². The molecule has 6 heteroatoms. The highest BCUT2D eigenvalue weighted by Crippen LogP contribution is 2.11. The van der Waals surface area contributed by atoms with E-state index in [4.69, 9.17) is 0 Å². The highest BCUT2D eigenvalue weighted by atomic mass is 32.2. The zero-order valence-electron chi connectivity index (χ0n) is 7.78. The summed E-state index contributed by atoms with van der Waals surface area (Å²) in [4.78, 5) is 11.1. The second-order valence-electron chi connectivity index (χ2n) is 3.37. The van der Waals surface area contributed by atoms with E-state index in [-0.39, 0.29) is 24.2 Å². The van der Waals surface area contributed by atoms with E-state index in [1.54, 1.807) is 0 Å². The molecule has 0 radical (unpaired) electrons.